The summed E-state index contributed by atoms with van der Waals surface area (Å²) in [5, 5.41) is 25.8. The normalized spacial score (nSPS) is 12.1. The molecule has 30 heavy (non-hydrogen) atoms. The number of nitrogens with one attached hydrogen (secondary N) is 1. The molecule has 0 amide bonds. The Kier molecular flexibility index (Phi) is 7.68. The second-order valence-electron chi connectivity index (χ2n) is 7.48. The Balaban J connectivity index is 1.46. The third-order valence-corrected chi connectivity index (χ3v) is 5.04. The van der Waals surface area contributed by atoms with Crippen molar-refractivity contribution in [1.29, 1.82) is 0 Å². The van der Waals surface area contributed by atoms with Gasteiger partial charge in [0.15, 0.2) is 0 Å². The first-order chi connectivity index (χ1) is 14.5. The van der Waals surface area contributed by atoms with E-state index in [2.05, 4.69) is 17.4 Å². The van der Waals surface area contributed by atoms with Crippen LogP contribution in [0.25, 0.3) is 0 Å². The summed E-state index contributed by atoms with van der Waals surface area (Å²) in [6.07, 6.45) is 0.709. The lowest BCUT2D eigenvalue weighted by atomic mass is 10.0. The van der Waals surface area contributed by atoms with Crippen molar-refractivity contribution in [2.75, 3.05) is 6.54 Å². The van der Waals surface area contributed by atoms with Crippen LogP contribution in [-0.2, 0) is 19.5 Å². The van der Waals surface area contributed by atoms with Crippen molar-refractivity contribution in [3.63, 3.8) is 0 Å². The van der Waals surface area contributed by atoms with Crippen LogP contribution in [0.5, 0.6) is 0 Å². The number of hydroxylamine groups is 2. The van der Waals surface area contributed by atoms with Gasteiger partial charge in [-0.05, 0) is 35.6 Å². The Labute approximate surface area is 176 Å². The van der Waals surface area contributed by atoms with Gasteiger partial charge in [-0.1, -0.05) is 66.7 Å². The van der Waals surface area contributed by atoms with Crippen molar-refractivity contribution in [3.8, 4) is 0 Å². The lowest BCUT2D eigenvalue weighted by Crippen LogP contribution is -2.37. The molecule has 0 aliphatic rings. The van der Waals surface area contributed by atoms with E-state index in [0.717, 1.165) is 23.2 Å². The van der Waals surface area contributed by atoms with Gasteiger partial charge in [0, 0.05) is 37.8 Å². The maximum Gasteiger partial charge on any atom is 0.269 e. The highest BCUT2D eigenvalue weighted by Crippen LogP contribution is 2.16. The summed E-state index contributed by atoms with van der Waals surface area (Å²) in [6.45, 7) is 3.90. The van der Waals surface area contributed by atoms with Crippen LogP contribution in [0.15, 0.2) is 78.9 Å². The maximum atomic E-state index is 10.7. The summed E-state index contributed by atoms with van der Waals surface area (Å²) in [6, 6.07) is 24.9. The first-order valence-corrected chi connectivity index (χ1v) is 10.0. The van der Waals surface area contributed by atoms with Crippen LogP contribution in [0.1, 0.15) is 29.2 Å². The standard InChI is InChI=1S/C24H27N3O3/c1-19(16-25-17-22-5-3-2-4-6-22)26(28)18-23-9-7-20(8-10-23)15-21-11-13-24(14-12-21)27(29)30/h2-14,19,25,28H,15-18H2,1H3. The van der Waals surface area contributed by atoms with Gasteiger partial charge >= 0.3 is 0 Å². The molecule has 3 aromatic rings. The van der Waals surface area contributed by atoms with Gasteiger partial charge in [0.1, 0.15) is 0 Å². The SMILES string of the molecule is CC(CNCc1ccccc1)N(O)Cc1ccc(Cc2ccc([N+](=O)[O-])cc2)cc1. The molecular formula is C24H27N3O3. The topological polar surface area (TPSA) is 78.6 Å². The monoisotopic (exact) mass is 405 g/mol. The number of nitro groups is 1. The number of nitrogens with zero attached hydrogens (tertiary/aromatic N) is 2. The molecule has 2 N–H and O–H groups in total. The van der Waals surface area contributed by atoms with Gasteiger partial charge in [0.05, 0.1) is 4.92 Å². The van der Waals surface area contributed by atoms with Crippen LogP contribution >= 0.6 is 0 Å². The van der Waals surface area contributed by atoms with E-state index in [9.17, 15) is 15.3 Å². The third kappa shape index (κ3) is 6.49. The van der Waals surface area contributed by atoms with Crippen molar-refractivity contribution in [3.05, 3.63) is 111 Å². The number of rotatable bonds is 10. The van der Waals surface area contributed by atoms with E-state index in [-0.39, 0.29) is 11.7 Å². The molecule has 0 aromatic heterocycles. The van der Waals surface area contributed by atoms with Crippen molar-refractivity contribution in [2.24, 2.45) is 0 Å². The smallest absolute Gasteiger partial charge is 0.269 e. The molecule has 0 fully saturated rings. The quantitative estimate of drug-likeness (QED) is 0.382. The molecule has 0 saturated carbocycles. The summed E-state index contributed by atoms with van der Waals surface area (Å²) >= 11 is 0. The molecule has 0 aliphatic carbocycles. The van der Waals surface area contributed by atoms with Crippen LogP contribution in [0.2, 0.25) is 0 Å². The second kappa shape index (κ2) is 10.6. The number of benzene rings is 3. The molecule has 0 heterocycles. The highest BCUT2D eigenvalue weighted by Gasteiger charge is 2.11. The molecule has 1 unspecified atom stereocenters. The lowest BCUT2D eigenvalue weighted by Gasteiger charge is -2.23. The molecular weight excluding hydrogens is 378 g/mol. The van der Waals surface area contributed by atoms with E-state index < -0.39 is 4.92 Å². The minimum atomic E-state index is -0.391. The van der Waals surface area contributed by atoms with Crippen LogP contribution < -0.4 is 5.32 Å². The van der Waals surface area contributed by atoms with Gasteiger partial charge in [-0.15, -0.1) is 0 Å². The maximum absolute atomic E-state index is 10.7. The fourth-order valence-electron chi connectivity index (χ4n) is 3.20. The third-order valence-electron chi connectivity index (χ3n) is 5.04. The number of non-ortho nitro benzene ring substituents is 1. The molecule has 0 radical (unpaired) electrons. The average Bonchev–Trinajstić information content (AvgIpc) is 2.76. The summed E-state index contributed by atoms with van der Waals surface area (Å²) in [5.74, 6) is 0. The highest BCUT2D eigenvalue weighted by atomic mass is 16.6. The zero-order valence-corrected chi connectivity index (χ0v) is 17.1. The molecule has 6 nitrogen and oxygen atoms in total. The van der Waals surface area contributed by atoms with Crippen LogP contribution in [0.4, 0.5) is 5.69 Å². The summed E-state index contributed by atoms with van der Waals surface area (Å²) < 4.78 is 0. The Hall–Kier alpha value is -3.06. The Bertz CT molecular complexity index is 928. The van der Waals surface area contributed by atoms with Crippen molar-refractivity contribution >= 4 is 5.69 Å². The molecule has 0 aliphatic heterocycles. The largest absolute Gasteiger partial charge is 0.313 e. The highest BCUT2D eigenvalue weighted by molar-refractivity contribution is 5.36. The van der Waals surface area contributed by atoms with Gasteiger partial charge in [0.25, 0.3) is 5.69 Å². The minimum Gasteiger partial charge on any atom is -0.313 e. The molecule has 0 bridgehead atoms. The second-order valence-corrected chi connectivity index (χ2v) is 7.48. The lowest BCUT2D eigenvalue weighted by molar-refractivity contribution is -0.384. The van der Waals surface area contributed by atoms with Gasteiger partial charge in [-0.25, -0.2) is 0 Å². The first kappa shape index (κ1) is 21.6. The number of nitro benzene ring substituents is 1. The first-order valence-electron chi connectivity index (χ1n) is 10.0. The van der Waals surface area contributed by atoms with Gasteiger partial charge < -0.3 is 10.5 Å². The fraction of sp³-hybridized carbons (Fsp3) is 0.250. The molecule has 0 saturated heterocycles. The van der Waals surface area contributed by atoms with E-state index in [0.29, 0.717) is 19.5 Å². The molecule has 3 aromatic carbocycles. The predicted molar refractivity (Wildman–Crippen MR) is 117 cm³/mol. The minimum absolute atomic E-state index is 0.0199. The van der Waals surface area contributed by atoms with E-state index >= 15 is 0 Å². The van der Waals surface area contributed by atoms with Crippen LogP contribution in [0.3, 0.4) is 0 Å². The zero-order chi connectivity index (χ0) is 21.3. The predicted octanol–water partition coefficient (Wildman–Crippen LogP) is 4.56. The molecule has 1 atom stereocenters. The Morgan fingerprint density at radius 1 is 0.900 bits per heavy atom. The Morgan fingerprint density at radius 3 is 2.07 bits per heavy atom. The number of hydrogen-bond acceptors (Lipinski definition) is 5. The molecule has 6 heteroatoms. The Morgan fingerprint density at radius 2 is 1.47 bits per heavy atom. The molecule has 0 spiro atoms. The zero-order valence-electron chi connectivity index (χ0n) is 17.1. The summed E-state index contributed by atoms with van der Waals surface area (Å²) in [7, 11) is 0. The van der Waals surface area contributed by atoms with Crippen molar-refractivity contribution in [1.82, 2.24) is 10.4 Å². The van der Waals surface area contributed by atoms with Crippen LogP contribution in [-0.4, -0.2) is 27.8 Å². The molecule has 156 valence electrons. The molecule has 3 rings (SSSR count). The van der Waals surface area contributed by atoms with E-state index in [1.165, 1.54) is 22.8 Å². The summed E-state index contributed by atoms with van der Waals surface area (Å²) in [4.78, 5) is 10.4. The fourth-order valence-corrected chi connectivity index (χ4v) is 3.20. The van der Waals surface area contributed by atoms with Crippen molar-refractivity contribution in [2.45, 2.75) is 32.5 Å². The van der Waals surface area contributed by atoms with Crippen LogP contribution in [0, 0.1) is 10.1 Å². The number of hydrogen-bond donors (Lipinski definition) is 2. The van der Waals surface area contributed by atoms with Gasteiger partial charge in [-0.2, -0.15) is 5.06 Å². The van der Waals surface area contributed by atoms with E-state index in [4.69, 9.17) is 0 Å². The average molecular weight is 405 g/mol. The summed E-state index contributed by atoms with van der Waals surface area (Å²) in [5.41, 5.74) is 4.49. The van der Waals surface area contributed by atoms with E-state index in [1.807, 2.05) is 49.4 Å². The van der Waals surface area contributed by atoms with E-state index in [1.54, 1.807) is 12.1 Å². The van der Waals surface area contributed by atoms with Gasteiger partial charge in [0.2, 0.25) is 0 Å². The van der Waals surface area contributed by atoms with Crippen molar-refractivity contribution < 1.29 is 10.1 Å². The van der Waals surface area contributed by atoms with Gasteiger partial charge in [-0.3, -0.25) is 10.1 Å².